The standard InChI is InChI=1S/C13H12F7NS/c14-9-2-1-8(7-3-5-21-6-4-7)11(10(9)15)22-13(19,20)12(16,17)18/h1-2,7,21H,3-6H2. The number of alkyl halides is 5. The number of rotatable bonds is 3. The Morgan fingerprint density at radius 1 is 1.00 bits per heavy atom. The minimum Gasteiger partial charge on any atom is -0.317 e. The molecule has 1 saturated heterocycles. The van der Waals surface area contributed by atoms with E-state index in [4.69, 9.17) is 0 Å². The van der Waals surface area contributed by atoms with Crippen molar-refractivity contribution in [2.24, 2.45) is 0 Å². The third-order valence-corrected chi connectivity index (χ3v) is 4.53. The number of nitrogens with one attached hydrogen (secondary N) is 1. The molecule has 124 valence electrons. The average Bonchev–Trinajstić information content (AvgIpc) is 2.44. The second kappa shape index (κ2) is 6.27. The SMILES string of the molecule is Fc1ccc(C2CCNCC2)c(SC(F)(F)C(F)(F)F)c1F. The van der Waals surface area contributed by atoms with Crippen LogP contribution in [0.15, 0.2) is 17.0 Å². The van der Waals surface area contributed by atoms with Gasteiger partial charge in [0.1, 0.15) is 0 Å². The van der Waals surface area contributed by atoms with Gasteiger partial charge in [-0.2, -0.15) is 22.0 Å². The van der Waals surface area contributed by atoms with Gasteiger partial charge in [-0.25, -0.2) is 8.78 Å². The second-order valence-electron chi connectivity index (χ2n) is 4.92. The summed E-state index contributed by atoms with van der Waals surface area (Å²) in [4.78, 5) is -0.964. The summed E-state index contributed by atoms with van der Waals surface area (Å²) in [6.07, 6.45) is -4.94. The highest BCUT2D eigenvalue weighted by atomic mass is 32.2. The molecule has 0 aliphatic carbocycles. The molecule has 0 amide bonds. The second-order valence-corrected chi connectivity index (χ2v) is 6.05. The van der Waals surface area contributed by atoms with Crippen molar-refractivity contribution < 1.29 is 30.7 Å². The maximum Gasteiger partial charge on any atom is 0.464 e. The van der Waals surface area contributed by atoms with Gasteiger partial charge in [0.2, 0.25) is 0 Å². The van der Waals surface area contributed by atoms with E-state index in [1.165, 1.54) is 0 Å². The fraction of sp³-hybridized carbons (Fsp3) is 0.538. The van der Waals surface area contributed by atoms with Gasteiger partial charge in [-0.1, -0.05) is 6.07 Å². The topological polar surface area (TPSA) is 12.0 Å². The summed E-state index contributed by atoms with van der Waals surface area (Å²) in [6.45, 7) is 1.06. The van der Waals surface area contributed by atoms with Crippen LogP contribution in [0.5, 0.6) is 0 Å². The summed E-state index contributed by atoms with van der Waals surface area (Å²) in [6, 6.07) is 1.84. The van der Waals surface area contributed by atoms with Crippen LogP contribution in [0.25, 0.3) is 0 Å². The average molecular weight is 347 g/mol. The maximum absolute atomic E-state index is 13.8. The monoisotopic (exact) mass is 347 g/mol. The molecule has 0 radical (unpaired) electrons. The number of piperidine rings is 1. The van der Waals surface area contributed by atoms with Gasteiger partial charge in [0.05, 0.1) is 4.90 Å². The highest BCUT2D eigenvalue weighted by molar-refractivity contribution is 8.00. The van der Waals surface area contributed by atoms with E-state index in [1.807, 2.05) is 0 Å². The first kappa shape index (κ1) is 17.4. The van der Waals surface area contributed by atoms with Crippen LogP contribution in [-0.4, -0.2) is 24.5 Å². The molecule has 2 rings (SSSR count). The molecule has 9 heteroatoms. The Kier molecular flexibility index (Phi) is 4.96. The first-order valence-corrected chi connectivity index (χ1v) is 7.27. The molecule has 1 aliphatic heterocycles. The fourth-order valence-corrected chi connectivity index (χ4v) is 3.20. The Morgan fingerprint density at radius 3 is 2.14 bits per heavy atom. The van der Waals surface area contributed by atoms with E-state index in [9.17, 15) is 30.7 Å². The minimum absolute atomic E-state index is 0.00525. The predicted molar refractivity (Wildman–Crippen MR) is 68.1 cm³/mol. The molecule has 0 unspecified atom stereocenters. The maximum atomic E-state index is 13.8. The van der Waals surface area contributed by atoms with E-state index in [2.05, 4.69) is 5.32 Å². The first-order valence-electron chi connectivity index (χ1n) is 6.45. The van der Waals surface area contributed by atoms with Crippen molar-refractivity contribution in [3.63, 3.8) is 0 Å². The van der Waals surface area contributed by atoms with Gasteiger partial charge >= 0.3 is 11.4 Å². The Morgan fingerprint density at radius 2 is 1.59 bits per heavy atom. The highest BCUT2D eigenvalue weighted by Gasteiger charge is 2.59. The molecule has 1 aromatic rings. The lowest BCUT2D eigenvalue weighted by molar-refractivity contribution is -0.237. The summed E-state index contributed by atoms with van der Waals surface area (Å²) >= 11 is -0.980. The van der Waals surface area contributed by atoms with Crippen molar-refractivity contribution in [3.05, 3.63) is 29.3 Å². The molecular weight excluding hydrogens is 335 g/mol. The van der Waals surface area contributed by atoms with Crippen LogP contribution < -0.4 is 5.32 Å². The van der Waals surface area contributed by atoms with Crippen LogP contribution in [0.1, 0.15) is 24.3 Å². The molecule has 0 aromatic heterocycles. The number of benzene rings is 1. The van der Waals surface area contributed by atoms with Gasteiger partial charge in [0.15, 0.2) is 11.6 Å². The molecule has 0 atom stereocenters. The molecule has 1 aliphatic rings. The van der Waals surface area contributed by atoms with Gasteiger partial charge in [-0.05, 0) is 55.2 Å². The molecule has 1 nitrogen and oxygen atoms in total. The lowest BCUT2D eigenvalue weighted by Crippen LogP contribution is -2.33. The van der Waals surface area contributed by atoms with E-state index >= 15 is 0 Å². The minimum atomic E-state index is -5.85. The van der Waals surface area contributed by atoms with Gasteiger partial charge < -0.3 is 5.32 Å². The van der Waals surface area contributed by atoms with Crippen LogP contribution >= 0.6 is 11.8 Å². The normalized spacial score (nSPS) is 17.8. The van der Waals surface area contributed by atoms with Crippen molar-refractivity contribution in [2.45, 2.75) is 35.1 Å². The molecule has 1 heterocycles. The molecule has 0 bridgehead atoms. The van der Waals surface area contributed by atoms with Crippen molar-refractivity contribution in [1.82, 2.24) is 5.32 Å². The summed E-state index contributed by atoms with van der Waals surface area (Å²) in [7, 11) is 0. The molecule has 0 spiro atoms. The van der Waals surface area contributed by atoms with E-state index in [0.29, 0.717) is 25.9 Å². The number of hydrogen-bond acceptors (Lipinski definition) is 2. The largest absolute Gasteiger partial charge is 0.464 e. The molecular formula is C13H12F7NS. The van der Waals surface area contributed by atoms with Crippen molar-refractivity contribution >= 4 is 11.8 Å². The zero-order valence-electron chi connectivity index (χ0n) is 11.1. The molecule has 22 heavy (non-hydrogen) atoms. The van der Waals surface area contributed by atoms with Crippen LogP contribution in [0.2, 0.25) is 0 Å². The summed E-state index contributed by atoms with van der Waals surface area (Å²) in [5, 5.41) is -2.19. The summed E-state index contributed by atoms with van der Waals surface area (Å²) in [5.74, 6) is -3.49. The van der Waals surface area contributed by atoms with E-state index in [0.717, 1.165) is 12.1 Å². The molecule has 1 aromatic carbocycles. The molecule has 0 saturated carbocycles. The van der Waals surface area contributed by atoms with E-state index < -0.39 is 39.7 Å². The zero-order chi connectivity index (χ0) is 16.5. The fourth-order valence-electron chi connectivity index (χ4n) is 2.29. The van der Waals surface area contributed by atoms with Gasteiger partial charge in [0.25, 0.3) is 0 Å². The lowest BCUT2D eigenvalue weighted by Gasteiger charge is -2.27. The van der Waals surface area contributed by atoms with Crippen molar-refractivity contribution in [3.8, 4) is 0 Å². The Bertz CT molecular complexity index is 538. The van der Waals surface area contributed by atoms with Crippen LogP contribution in [0, 0.1) is 11.6 Å². The Hall–Kier alpha value is -0.960. The van der Waals surface area contributed by atoms with Gasteiger partial charge in [0, 0.05) is 0 Å². The van der Waals surface area contributed by atoms with E-state index in [-0.39, 0.29) is 11.5 Å². The van der Waals surface area contributed by atoms with Crippen LogP contribution in [-0.2, 0) is 0 Å². The summed E-state index contributed by atoms with van der Waals surface area (Å²) in [5.41, 5.74) is -0.00525. The lowest BCUT2D eigenvalue weighted by atomic mass is 9.90. The highest BCUT2D eigenvalue weighted by Crippen LogP contribution is 2.50. The third-order valence-electron chi connectivity index (χ3n) is 3.42. The smallest absolute Gasteiger partial charge is 0.317 e. The Labute approximate surface area is 126 Å². The summed E-state index contributed by atoms with van der Waals surface area (Å²) < 4.78 is 90.5. The number of hydrogen-bond donors (Lipinski definition) is 1. The van der Waals surface area contributed by atoms with Crippen molar-refractivity contribution in [1.29, 1.82) is 0 Å². The number of halogens is 7. The quantitative estimate of drug-likeness (QED) is 0.629. The predicted octanol–water partition coefficient (Wildman–Crippen LogP) is 4.68. The Balaban J connectivity index is 2.42. The molecule has 1 N–H and O–H groups in total. The van der Waals surface area contributed by atoms with Crippen LogP contribution in [0.4, 0.5) is 30.7 Å². The van der Waals surface area contributed by atoms with Gasteiger partial charge in [-0.15, -0.1) is 0 Å². The van der Waals surface area contributed by atoms with Gasteiger partial charge in [-0.3, -0.25) is 0 Å². The first-order chi connectivity index (χ1) is 10.1. The van der Waals surface area contributed by atoms with Crippen molar-refractivity contribution in [2.75, 3.05) is 13.1 Å². The number of thioether (sulfide) groups is 1. The zero-order valence-corrected chi connectivity index (χ0v) is 11.9. The third kappa shape index (κ3) is 3.51. The van der Waals surface area contributed by atoms with E-state index in [1.54, 1.807) is 0 Å². The molecule has 1 fully saturated rings. The van der Waals surface area contributed by atoms with Crippen LogP contribution in [0.3, 0.4) is 0 Å².